The molecule has 0 radical (unpaired) electrons. The van der Waals surface area contributed by atoms with Gasteiger partial charge in [0, 0.05) is 48.2 Å². The number of nitrogens with zero attached hydrogens (tertiary/aromatic N) is 1. The Morgan fingerprint density at radius 3 is 2.60 bits per heavy atom. The topological polar surface area (TPSA) is 102 Å². The molecule has 8 heteroatoms. The first-order valence-corrected chi connectivity index (χ1v) is 15.2. The number of hydrogen-bond acceptors (Lipinski definition) is 4. The Balaban J connectivity index is 1.71. The molecule has 3 aromatic carbocycles. The molecule has 0 saturated carbocycles. The standard InChI is InChI=1S/C34H42ClN3O4/c1-4-24-9-5-10-26(20-24)31-29(12-6-13-30(31)35)34(42,16-8-17-37-33(40)41)27-11-7-18-38(22-27)32(39)28-15-14-25(21-36-3)19-23(28)2/h5-6,9-10,12-15,19-20,27,36-37,42H,4,7-8,11,16-18,21-22H2,1-3H3,(H,40,41). The van der Waals surface area contributed by atoms with Gasteiger partial charge in [0.25, 0.3) is 5.91 Å². The van der Waals surface area contributed by atoms with E-state index >= 15 is 0 Å². The first-order chi connectivity index (χ1) is 20.2. The quantitative estimate of drug-likeness (QED) is 0.194. The number of likely N-dealkylation sites (tertiary alicyclic amines) is 1. The number of rotatable bonds is 11. The predicted octanol–water partition coefficient (Wildman–Crippen LogP) is 6.39. The van der Waals surface area contributed by atoms with E-state index in [0.717, 1.165) is 53.6 Å². The summed E-state index contributed by atoms with van der Waals surface area (Å²) in [6.45, 7) is 6.01. The second-order valence-corrected chi connectivity index (χ2v) is 11.7. The van der Waals surface area contributed by atoms with Crippen molar-refractivity contribution in [1.82, 2.24) is 15.5 Å². The molecule has 2 amide bonds. The van der Waals surface area contributed by atoms with E-state index in [4.69, 9.17) is 16.7 Å². The summed E-state index contributed by atoms with van der Waals surface area (Å²) in [5, 5.41) is 27.9. The molecule has 7 nitrogen and oxygen atoms in total. The maximum absolute atomic E-state index is 13.8. The van der Waals surface area contributed by atoms with Crippen molar-refractivity contribution in [3.05, 3.63) is 93.5 Å². The highest BCUT2D eigenvalue weighted by molar-refractivity contribution is 6.33. The average Bonchev–Trinajstić information content (AvgIpc) is 2.99. The zero-order valence-corrected chi connectivity index (χ0v) is 25.5. The number of amides is 2. The number of aliphatic hydroxyl groups is 1. The Hall–Kier alpha value is -3.39. The highest BCUT2D eigenvalue weighted by atomic mass is 35.5. The van der Waals surface area contributed by atoms with E-state index in [-0.39, 0.29) is 18.4 Å². The molecule has 1 aliphatic rings. The summed E-state index contributed by atoms with van der Waals surface area (Å²) in [5.41, 5.74) is 4.97. The van der Waals surface area contributed by atoms with Crippen molar-refractivity contribution in [2.75, 3.05) is 26.7 Å². The molecule has 3 aromatic rings. The van der Waals surface area contributed by atoms with Gasteiger partial charge in [-0.15, -0.1) is 0 Å². The minimum Gasteiger partial charge on any atom is -0.465 e. The molecule has 4 N–H and O–H groups in total. The molecule has 1 fully saturated rings. The third kappa shape index (κ3) is 7.14. The number of carbonyl (C=O) groups excluding carboxylic acids is 1. The van der Waals surface area contributed by atoms with Gasteiger partial charge in [0.1, 0.15) is 0 Å². The SMILES string of the molecule is CCc1cccc(-c2c(Cl)cccc2C(O)(CCCNC(=O)O)C2CCCN(C(=O)c3ccc(CNC)cc3C)C2)c1. The maximum atomic E-state index is 13.8. The number of hydrogen-bond donors (Lipinski definition) is 4. The van der Waals surface area contributed by atoms with Gasteiger partial charge in [-0.05, 0) is 86.0 Å². The van der Waals surface area contributed by atoms with Crippen molar-refractivity contribution in [2.45, 2.75) is 58.1 Å². The fraction of sp³-hybridized carbons (Fsp3) is 0.412. The molecule has 0 bridgehead atoms. The Bertz CT molecular complexity index is 1410. The Morgan fingerprint density at radius 2 is 1.88 bits per heavy atom. The number of halogens is 1. The van der Waals surface area contributed by atoms with Gasteiger partial charge in [0.2, 0.25) is 0 Å². The van der Waals surface area contributed by atoms with Crippen molar-refractivity contribution >= 4 is 23.6 Å². The summed E-state index contributed by atoms with van der Waals surface area (Å²) in [6, 6.07) is 19.7. The zero-order valence-electron chi connectivity index (χ0n) is 24.8. The van der Waals surface area contributed by atoms with Gasteiger partial charge in [0.05, 0.1) is 5.60 Å². The Kier molecular flexibility index (Phi) is 10.7. The van der Waals surface area contributed by atoms with E-state index < -0.39 is 11.7 Å². The first-order valence-electron chi connectivity index (χ1n) is 14.8. The van der Waals surface area contributed by atoms with Gasteiger partial charge in [-0.25, -0.2) is 4.79 Å². The van der Waals surface area contributed by atoms with Crippen LogP contribution in [0, 0.1) is 12.8 Å². The second-order valence-electron chi connectivity index (χ2n) is 11.2. The fourth-order valence-corrected chi connectivity index (χ4v) is 6.52. The number of nitrogens with one attached hydrogen (secondary N) is 2. The zero-order chi connectivity index (χ0) is 30.3. The van der Waals surface area contributed by atoms with Gasteiger partial charge in [-0.3, -0.25) is 4.79 Å². The lowest BCUT2D eigenvalue weighted by Crippen LogP contribution is -2.48. The van der Waals surface area contributed by atoms with E-state index in [1.165, 1.54) is 0 Å². The van der Waals surface area contributed by atoms with Crippen LogP contribution in [0.3, 0.4) is 0 Å². The average molecular weight is 592 g/mol. The second kappa shape index (κ2) is 14.2. The summed E-state index contributed by atoms with van der Waals surface area (Å²) in [4.78, 5) is 26.8. The van der Waals surface area contributed by atoms with Crippen molar-refractivity contribution in [2.24, 2.45) is 5.92 Å². The van der Waals surface area contributed by atoms with Gasteiger partial charge in [0.15, 0.2) is 0 Å². The van der Waals surface area contributed by atoms with Crippen LogP contribution in [0.2, 0.25) is 5.02 Å². The molecule has 4 rings (SSSR count). The first kappa shape index (κ1) is 31.5. The van der Waals surface area contributed by atoms with Crippen LogP contribution in [-0.2, 0) is 18.6 Å². The smallest absolute Gasteiger partial charge is 0.404 e. The Labute approximate surface area is 253 Å². The fourth-order valence-electron chi connectivity index (χ4n) is 6.24. The summed E-state index contributed by atoms with van der Waals surface area (Å²) in [7, 11) is 1.90. The number of piperidine rings is 1. The van der Waals surface area contributed by atoms with Crippen LogP contribution < -0.4 is 10.6 Å². The molecule has 0 aliphatic carbocycles. The van der Waals surface area contributed by atoms with Gasteiger partial charge >= 0.3 is 6.09 Å². The van der Waals surface area contributed by atoms with E-state index in [0.29, 0.717) is 42.1 Å². The monoisotopic (exact) mass is 591 g/mol. The molecule has 2 unspecified atom stereocenters. The molecule has 42 heavy (non-hydrogen) atoms. The molecule has 1 saturated heterocycles. The van der Waals surface area contributed by atoms with Crippen LogP contribution in [0.4, 0.5) is 4.79 Å². The van der Waals surface area contributed by atoms with Crippen molar-refractivity contribution in [3.63, 3.8) is 0 Å². The highest BCUT2D eigenvalue weighted by Crippen LogP contribution is 2.45. The largest absolute Gasteiger partial charge is 0.465 e. The number of benzene rings is 3. The van der Waals surface area contributed by atoms with Crippen molar-refractivity contribution < 1.29 is 19.8 Å². The van der Waals surface area contributed by atoms with E-state index in [2.05, 4.69) is 29.7 Å². The lowest BCUT2D eigenvalue weighted by molar-refractivity contribution is -0.0563. The molecule has 0 aromatic heterocycles. The highest BCUT2D eigenvalue weighted by Gasteiger charge is 2.43. The van der Waals surface area contributed by atoms with Crippen LogP contribution in [0.15, 0.2) is 60.7 Å². The molecule has 0 spiro atoms. The van der Waals surface area contributed by atoms with Crippen LogP contribution in [-0.4, -0.2) is 53.8 Å². The van der Waals surface area contributed by atoms with E-state index in [1.54, 1.807) is 0 Å². The van der Waals surface area contributed by atoms with Crippen LogP contribution in [0.25, 0.3) is 11.1 Å². The van der Waals surface area contributed by atoms with Gasteiger partial charge < -0.3 is 25.7 Å². The van der Waals surface area contributed by atoms with E-state index in [9.17, 15) is 14.7 Å². The van der Waals surface area contributed by atoms with Gasteiger partial charge in [-0.1, -0.05) is 67.1 Å². The number of carbonyl (C=O) groups is 2. The molecular formula is C34H42ClN3O4. The summed E-state index contributed by atoms with van der Waals surface area (Å²) >= 11 is 6.85. The predicted molar refractivity (Wildman–Crippen MR) is 168 cm³/mol. The molecule has 1 aliphatic heterocycles. The third-order valence-corrected chi connectivity index (χ3v) is 8.72. The summed E-state index contributed by atoms with van der Waals surface area (Å²) in [6.07, 6.45) is 2.01. The molecular weight excluding hydrogens is 550 g/mol. The van der Waals surface area contributed by atoms with E-state index in [1.807, 2.05) is 67.4 Å². The van der Waals surface area contributed by atoms with Crippen LogP contribution in [0.1, 0.15) is 65.2 Å². The molecule has 224 valence electrons. The van der Waals surface area contributed by atoms with Crippen LogP contribution >= 0.6 is 11.6 Å². The lowest BCUT2D eigenvalue weighted by atomic mass is 9.72. The summed E-state index contributed by atoms with van der Waals surface area (Å²) < 4.78 is 0. The Morgan fingerprint density at radius 1 is 1.10 bits per heavy atom. The number of carboxylic acid groups (broad SMARTS) is 1. The third-order valence-electron chi connectivity index (χ3n) is 8.40. The molecule has 1 heterocycles. The van der Waals surface area contributed by atoms with Crippen LogP contribution in [0.5, 0.6) is 0 Å². The minimum atomic E-state index is -1.34. The lowest BCUT2D eigenvalue weighted by Gasteiger charge is -2.44. The molecule has 2 atom stereocenters. The number of aryl methyl sites for hydroxylation is 2. The summed E-state index contributed by atoms with van der Waals surface area (Å²) in [5.74, 6) is -0.305. The van der Waals surface area contributed by atoms with Crippen molar-refractivity contribution in [1.29, 1.82) is 0 Å². The van der Waals surface area contributed by atoms with Crippen molar-refractivity contribution in [3.8, 4) is 11.1 Å². The van der Waals surface area contributed by atoms with Gasteiger partial charge in [-0.2, -0.15) is 0 Å². The normalized spacial score (nSPS) is 16.6. The maximum Gasteiger partial charge on any atom is 0.404 e. The minimum absolute atomic E-state index is 0.0370.